The first-order chi connectivity index (χ1) is 11.3. The van der Waals surface area contributed by atoms with Gasteiger partial charge in [-0.2, -0.15) is 0 Å². The summed E-state index contributed by atoms with van der Waals surface area (Å²) in [4.78, 5) is 18.8. The number of carbonyl (C=O) groups excluding carboxylic acids is 1. The van der Waals surface area contributed by atoms with E-state index in [9.17, 15) is 4.79 Å². The van der Waals surface area contributed by atoms with Crippen LogP contribution in [0.1, 0.15) is 17.3 Å². The molecular weight excluding hydrogens is 310 g/mol. The van der Waals surface area contributed by atoms with E-state index in [1.54, 1.807) is 11.3 Å². The maximum atomic E-state index is 11.0. The molecule has 0 unspecified atom stereocenters. The minimum absolute atomic E-state index is 0.00204. The fourth-order valence-corrected chi connectivity index (χ4v) is 3.64. The molecule has 1 saturated heterocycles. The Hall–Kier alpha value is -1.76. The molecule has 0 spiro atoms. The summed E-state index contributed by atoms with van der Waals surface area (Å²) in [5.74, 6) is 0. The molecule has 0 bridgehead atoms. The molecule has 1 fully saturated rings. The first-order valence-electron chi connectivity index (χ1n) is 7.78. The molecule has 1 aliphatic heterocycles. The molecule has 1 aliphatic rings. The van der Waals surface area contributed by atoms with E-state index in [1.165, 1.54) is 10.4 Å². The van der Waals surface area contributed by atoms with E-state index >= 15 is 0 Å². The summed E-state index contributed by atoms with van der Waals surface area (Å²) in [5.41, 5.74) is 5.21. The van der Waals surface area contributed by atoms with Crippen LogP contribution in [-0.4, -0.2) is 49.1 Å². The lowest BCUT2D eigenvalue weighted by Crippen LogP contribution is -2.41. The van der Waals surface area contributed by atoms with Gasteiger partial charge in [-0.3, -0.25) is 9.69 Å². The standard InChI is InChI=1S/C17H21N3O2S/c1-13-17(23-12-19-13)15-4-2-14(3-5-15)16(18-11-21)10-20-6-8-22-9-7-20/h2-5,11-12,16H,6-10H2,1H3,(H,18,21)/t16-/m0/s1. The van der Waals surface area contributed by atoms with Gasteiger partial charge in [0.2, 0.25) is 6.41 Å². The van der Waals surface area contributed by atoms with Crippen molar-refractivity contribution in [3.63, 3.8) is 0 Å². The largest absolute Gasteiger partial charge is 0.379 e. The van der Waals surface area contributed by atoms with Gasteiger partial charge in [-0.1, -0.05) is 24.3 Å². The highest BCUT2D eigenvalue weighted by Gasteiger charge is 2.18. The van der Waals surface area contributed by atoms with E-state index in [-0.39, 0.29) is 6.04 Å². The molecular formula is C17H21N3O2S. The molecule has 6 heteroatoms. The lowest BCUT2D eigenvalue weighted by atomic mass is 10.0. The Labute approximate surface area is 140 Å². The first-order valence-corrected chi connectivity index (χ1v) is 8.66. The van der Waals surface area contributed by atoms with E-state index in [1.807, 2.05) is 12.4 Å². The summed E-state index contributed by atoms with van der Waals surface area (Å²) in [5, 5.41) is 2.94. The number of hydrogen-bond acceptors (Lipinski definition) is 5. The van der Waals surface area contributed by atoms with E-state index in [4.69, 9.17) is 4.74 Å². The summed E-state index contributed by atoms with van der Waals surface area (Å²) in [6.45, 7) is 6.18. The molecule has 1 aromatic carbocycles. The van der Waals surface area contributed by atoms with Gasteiger partial charge < -0.3 is 10.1 Å². The average Bonchev–Trinajstić information content (AvgIpc) is 3.02. The number of rotatable bonds is 6. The lowest BCUT2D eigenvalue weighted by molar-refractivity contribution is -0.110. The van der Waals surface area contributed by atoms with E-state index in [0.29, 0.717) is 0 Å². The van der Waals surface area contributed by atoms with Crippen molar-refractivity contribution in [2.24, 2.45) is 0 Å². The fraction of sp³-hybridized carbons (Fsp3) is 0.412. The van der Waals surface area contributed by atoms with Crippen LogP contribution in [0.3, 0.4) is 0 Å². The van der Waals surface area contributed by atoms with Gasteiger partial charge in [0.15, 0.2) is 0 Å². The molecule has 1 N–H and O–H groups in total. The van der Waals surface area contributed by atoms with Crippen molar-refractivity contribution in [1.82, 2.24) is 15.2 Å². The summed E-state index contributed by atoms with van der Waals surface area (Å²) in [6.07, 6.45) is 0.784. The van der Waals surface area contributed by atoms with Crippen molar-refractivity contribution in [3.05, 3.63) is 41.0 Å². The van der Waals surface area contributed by atoms with Crippen LogP contribution in [0.2, 0.25) is 0 Å². The van der Waals surface area contributed by atoms with Gasteiger partial charge in [0.05, 0.1) is 35.3 Å². The second-order valence-corrected chi connectivity index (χ2v) is 6.49. The molecule has 23 heavy (non-hydrogen) atoms. The Morgan fingerprint density at radius 3 is 2.70 bits per heavy atom. The number of benzene rings is 1. The molecule has 2 heterocycles. The summed E-state index contributed by atoms with van der Waals surface area (Å²) in [7, 11) is 0. The molecule has 1 aromatic heterocycles. The maximum Gasteiger partial charge on any atom is 0.207 e. The van der Waals surface area contributed by atoms with Crippen LogP contribution in [0, 0.1) is 6.92 Å². The molecule has 0 radical (unpaired) electrons. The van der Waals surface area contributed by atoms with Crippen molar-refractivity contribution in [1.29, 1.82) is 0 Å². The van der Waals surface area contributed by atoms with Crippen LogP contribution in [0.25, 0.3) is 10.4 Å². The number of morpholine rings is 1. The minimum atomic E-state index is 0.00204. The Kier molecular flexibility index (Phi) is 5.38. The predicted molar refractivity (Wildman–Crippen MR) is 91.5 cm³/mol. The SMILES string of the molecule is Cc1ncsc1-c1ccc([C@H](CN2CCOCC2)NC=O)cc1. The fourth-order valence-electron chi connectivity index (χ4n) is 2.82. The zero-order valence-electron chi connectivity index (χ0n) is 13.2. The predicted octanol–water partition coefficient (Wildman–Crippen LogP) is 2.24. The van der Waals surface area contributed by atoms with Gasteiger partial charge >= 0.3 is 0 Å². The Morgan fingerprint density at radius 1 is 1.35 bits per heavy atom. The third kappa shape index (κ3) is 3.96. The molecule has 2 aromatic rings. The van der Waals surface area contributed by atoms with Crippen molar-refractivity contribution >= 4 is 17.7 Å². The van der Waals surface area contributed by atoms with Crippen molar-refractivity contribution in [3.8, 4) is 10.4 Å². The van der Waals surface area contributed by atoms with Crippen molar-refractivity contribution in [2.45, 2.75) is 13.0 Å². The zero-order chi connectivity index (χ0) is 16.1. The highest BCUT2D eigenvalue weighted by atomic mass is 32.1. The van der Waals surface area contributed by atoms with Crippen LogP contribution in [-0.2, 0) is 9.53 Å². The number of ether oxygens (including phenoxy) is 1. The van der Waals surface area contributed by atoms with Gasteiger partial charge in [0, 0.05) is 19.6 Å². The number of aromatic nitrogens is 1. The second-order valence-electron chi connectivity index (χ2n) is 5.64. The number of nitrogens with one attached hydrogen (secondary N) is 1. The van der Waals surface area contributed by atoms with E-state index < -0.39 is 0 Å². The number of hydrogen-bond donors (Lipinski definition) is 1. The van der Waals surface area contributed by atoms with Crippen LogP contribution >= 0.6 is 11.3 Å². The quantitative estimate of drug-likeness (QED) is 0.825. The second kappa shape index (κ2) is 7.68. The van der Waals surface area contributed by atoms with Gasteiger partial charge in [0.25, 0.3) is 0 Å². The molecule has 122 valence electrons. The molecule has 3 rings (SSSR count). The number of thiazole rings is 1. The molecule has 1 amide bonds. The Morgan fingerprint density at radius 2 is 2.09 bits per heavy atom. The highest BCUT2D eigenvalue weighted by molar-refractivity contribution is 7.13. The average molecular weight is 331 g/mol. The third-order valence-electron chi connectivity index (χ3n) is 4.13. The van der Waals surface area contributed by atoms with Gasteiger partial charge in [-0.25, -0.2) is 4.98 Å². The van der Waals surface area contributed by atoms with Crippen LogP contribution in [0.15, 0.2) is 29.8 Å². The van der Waals surface area contributed by atoms with Gasteiger partial charge in [0.1, 0.15) is 0 Å². The zero-order valence-corrected chi connectivity index (χ0v) is 14.0. The van der Waals surface area contributed by atoms with Crippen LogP contribution in [0.5, 0.6) is 0 Å². The Balaban J connectivity index is 1.74. The Bertz CT molecular complexity index is 636. The monoisotopic (exact) mass is 331 g/mol. The van der Waals surface area contributed by atoms with Gasteiger partial charge in [-0.05, 0) is 18.1 Å². The highest BCUT2D eigenvalue weighted by Crippen LogP contribution is 2.28. The number of nitrogens with zero attached hydrogens (tertiary/aromatic N) is 2. The smallest absolute Gasteiger partial charge is 0.207 e. The topological polar surface area (TPSA) is 54.5 Å². The maximum absolute atomic E-state index is 11.0. The number of amides is 1. The van der Waals surface area contributed by atoms with Gasteiger partial charge in [-0.15, -0.1) is 11.3 Å². The van der Waals surface area contributed by atoms with E-state index in [2.05, 4.69) is 39.5 Å². The van der Waals surface area contributed by atoms with E-state index in [0.717, 1.165) is 50.5 Å². The molecule has 5 nitrogen and oxygen atoms in total. The molecule has 0 aliphatic carbocycles. The summed E-state index contributed by atoms with van der Waals surface area (Å²) in [6, 6.07) is 8.40. The molecule has 1 atom stereocenters. The van der Waals surface area contributed by atoms with Crippen molar-refractivity contribution in [2.75, 3.05) is 32.8 Å². The molecule has 0 saturated carbocycles. The first kappa shape index (κ1) is 16.1. The minimum Gasteiger partial charge on any atom is -0.379 e. The van der Waals surface area contributed by atoms with Crippen LogP contribution in [0.4, 0.5) is 0 Å². The van der Waals surface area contributed by atoms with Crippen molar-refractivity contribution < 1.29 is 9.53 Å². The summed E-state index contributed by atoms with van der Waals surface area (Å²) < 4.78 is 5.38. The van der Waals surface area contributed by atoms with Crippen LogP contribution < -0.4 is 5.32 Å². The summed E-state index contributed by atoms with van der Waals surface area (Å²) >= 11 is 1.65. The number of aryl methyl sites for hydroxylation is 1. The third-order valence-corrected chi connectivity index (χ3v) is 5.11. The normalized spacial score (nSPS) is 16.9. The number of carbonyl (C=O) groups is 1. The lowest BCUT2D eigenvalue weighted by Gasteiger charge is -2.30.